The molecule has 6 nitrogen and oxygen atoms in total. The van der Waals surface area contributed by atoms with Gasteiger partial charge in [0.1, 0.15) is 34.7 Å². The van der Waals surface area contributed by atoms with E-state index in [4.69, 9.17) is 4.42 Å². The zero-order valence-electron chi connectivity index (χ0n) is 17.0. The van der Waals surface area contributed by atoms with E-state index in [-0.39, 0.29) is 22.6 Å². The molecular weight excluding hydrogens is 444 g/mol. The number of aliphatic hydroxyl groups excluding tert-OH is 1. The summed E-state index contributed by atoms with van der Waals surface area (Å²) < 4.78 is 62.9. The predicted octanol–water partition coefficient (Wildman–Crippen LogP) is 3.92. The molecule has 4 rings (SSSR count). The van der Waals surface area contributed by atoms with Gasteiger partial charge in [0.2, 0.25) is 5.89 Å². The van der Waals surface area contributed by atoms with Crippen LogP contribution in [0, 0.1) is 23.3 Å². The van der Waals surface area contributed by atoms with E-state index in [1.54, 1.807) is 0 Å². The summed E-state index contributed by atoms with van der Waals surface area (Å²) in [6.07, 6.45) is 1.06. The molecule has 1 atom stereocenters. The largest absolute Gasteiger partial charge is 0.437 e. The number of rotatable bonds is 5. The Balaban J connectivity index is 1.98. The van der Waals surface area contributed by atoms with Crippen LogP contribution >= 0.6 is 0 Å². The molecule has 0 saturated heterocycles. The van der Waals surface area contributed by atoms with Gasteiger partial charge in [0.25, 0.3) is 5.56 Å². The van der Waals surface area contributed by atoms with Crippen molar-refractivity contribution < 1.29 is 32.2 Å². The molecule has 1 unspecified atom stereocenters. The van der Waals surface area contributed by atoms with Gasteiger partial charge in [-0.1, -0.05) is 6.07 Å². The molecule has 0 amide bonds. The first-order valence-corrected chi connectivity index (χ1v) is 9.60. The standard InChI is InChI=1S/C23H16F4N2O4/c1-23(32,11-30)22-28-19(14-7-6-13(24)9-17(14)27)21(33-22)12-5-8-18(31)29(10-12)20-15(25)3-2-4-16(20)26/h2-10,30,32H,11H2,1H3. The van der Waals surface area contributed by atoms with Crippen LogP contribution in [0.4, 0.5) is 17.6 Å². The van der Waals surface area contributed by atoms with Crippen LogP contribution < -0.4 is 5.56 Å². The molecule has 0 aliphatic rings. The van der Waals surface area contributed by atoms with E-state index in [0.717, 1.165) is 42.6 Å². The summed E-state index contributed by atoms with van der Waals surface area (Å²) in [5, 5.41) is 19.8. The number of hydrogen-bond acceptors (Lipinski definition) is 5. The number of nitrogens with zero attached hydrogens (tertiary/aromatic N) is 2. The van der Waals surface area contributed by atoms with Crippen LogP contribution in [-0.2, 0) is 5.60 Å². The molecule has 0 saturated carbocycles. The molecule has 10 heteroatoms. The van der Waals surface area contributed by atoms with Crippen molar-refractivity contribution >= 4 is 0 Å². The zero-order valence-corrected chi connectivity index (χ0v) is 17.0. The smallest absolute Gasteiger partial charge is 0.255 e. The summed E-state index contributed by atoms with van der Waals surface area (Å²) in [5.74, 6) is -4.41. The summed E-state index contributed by atoms with van der Waals surface area (Å²) in [7, 11) is 0. The molecule has 4 aromatic rings. The molecule has 2 aromatic heterocycles. The van der Waals surface area contributed by atoms with Crippen molar-refractivity contribution in [3.63, 3.8) is 0 Å². The van der Waals surface area contributed by atoms with Crippen molar-refractivity contribution in [3.8, 4) is 28.3 Å². The number of aliphatic hydroxyl groups is 2. The average molecular weight is 460 g/mol. The lowest BCUT2D eigenvalue weighted by molar-refractivity contribution is -0.0234. The average Bonchev–Trinajstić information content (AvgIpc) is 3.21. The third-order valence-corrected chi connectivity index (χ3v) is 4.93. The first kappa shape index (κ1) is 22.4. The Kier molecular flexibility index (Phi) is 5.64. The Morgan fingerprint density at radius 2 is 1.73 bits per heavy atom. The van der Waals surface area contributed by atoms with Gasteiger partial charge in [0.15, 0.2) is 11.4 Å². The maximum atomic E-state index is 14.5. The number of pyridine rings is 1. The van der Waals surface area contributed by atoms with Crippen LogP contribution in [-0.4, -0.2) is 26.4 Å². The van der Waals surface area contributed by atoms with Crippen LogP contribution in [0.5, 0.6) is 0 Å². The number of oxazole rings is 1. The Labute approximate surface area is 184 Å². The number of benzene rings is 2. The molecule has 0 spiro atoms. The van der Waals surface area contributed by atoms with Gasteiger partial charge in [-0.15, -0.1) is 0 Å². The fourth-order valence-corrected chi connectivity index (χ4v) is 3.19. The topological polar surface area (TPSA) is 88.5 Å². The van der Waals surface area contributed by atoms with Gasteiger partial charge in [0, 0.05) is 29.5 Å². The monoisotopic (exact) mass is 460 g/mol. The van der Waals surface area contributed by atoms with Crippen LogP contribution in [0.2, 0.25) is 0 Å². The van der Waals surface area contributed by atoms with E-state index in [0.29, 0.717) is 10.6 Å². The van der Waals surface area contributed by atoms with Gasteiger partial charge < -0.3 is 14.6 Å². The normalized spacial score (nSPS) is 13.2. The summed E-state index contributed by atoms with van der Waals surface area (Å²) in [6, 6.07) is 8.04. The molecule has 0 aliphatic heterocycles. The highest BCUT2D eigenvalue weighted by atomic mass is 19.1. The van der Waals surface area contributed by atoms with Gasteiger partial charge in [-0.25, -0.2) is 22.5 Å². The van der Waals surface area contributed by atoms with E-state index in [1.165, 1.54) is 13.0 Å². The second-order valence-electron chi connectivity index (χ2n) is 7.45. The van der Waals surface area contributed by atoms with Gasteiger partial charge in [0.05, 0.1) is 6.61 Å². The van der Waals surface area contributed by atoms with Gasteiger partial charge in [-0.3, -0.25) is 9.36 Å². The molecule has 2 N–H and O–H groups in total. The van der Waals surface area contributed by atoms with Crippen molar-refractivity contribution in [1.82, 2.24) is 9.55 Å². The van der Waals surface area contributed by atoms with E-state index in [9.17, 15) is 32.6 Å². The fraction of sp³-hybridized carbons (Fsp3) is 0.130. The molecule has 0 fully saturated rings. The maximum Gasteiger partial charge on any atom is 0.255 e. The number of halogens is 4. The van der Waals surface area contributed by atoms with Gasteiger partial charge >= 0.3 is 0 Å². The van der Waals surface area contributed by atoms with Crippen LogP contribution in [0.25, 0.3) is 28.3 Å². The summed E-state index contributed by atoms with van der Waals surface area (Å²) >= 11 is 0. The highest BCUT2D eigenvalue weighted by Gasteiger charge is 2.32. The third-order valence-electron chi connectivity index (χ3n) is 4.93. The fourth-order valence-electron chi connectivity index (χ4n) is 3.19. The lowest BCUT2D eigenvalue weighted by atomic mass is 10.1. The predicted molar refractivity (Wildman–Crippen MR) is 109 cm³/mol. The lowest BCUT2D eigenvalue weighted by Gasteiger charge is -2.15. The number of para-hydroxylation sites is 1. The minimum Gasteiger partial charge on any atom is -0.437 e. The van der Waals surface area contributed by atoms with Crippen LogP contribution in [0.1, 0.15) is 12.8 Å². The van der Waals surface area contributed by atoms with Crippen molar-refractivity contribution in [2.75, 3.05) is 6.61 Å². The summed E-state index contributed by atoms with van der Waals surface area (Å²) in [5.41, 5.74) is -3.71. The Morgan fingerprint density at radius 1 is 1.03 bits per heavy atom. The Hall–Kier alpha value is -3.76. The zero-order chi connectivity index (χ0) is 23.9. The highest BCUT2D eigenvalue weighted by molar-refractivity contribution is 5.77. The molecule has 170 valence electrons. The minimum atomic E-state index is -1.96. The summed E-state index contributed by atoms with van der Waals surface area (Å²) in [4.78, 5) is 16.4. The van der Waals surface area contributed by atoms with E-state index in [2.05, 4.69) is 4.98 Å². The number of aromatic nitrogens is 2. The first-order valence-electron chi connectivity index (χ1n) is 9.60. The SMILES string of the molecule is CC(O)(CO)c1nc(-c2ccc(F)cc2F)c(-c2ccc(=O)n(-c3c(F)cccc3F)c2)o1. The molecule has 0 radical (unpaired) electrons. The number of hydrogen-bond donors (Lipinski definition) is 2. The van der Waals surface area contributed by atoms with Gasteiger partial charge in [-0.2, -0.15) is 0 Å². The van der Waals surface area contributed by atoms with E-state index < -0.39 is 52.6 Å². The van der Waals surface area contributed by atoms with Crippen LogP contribution in [0.15, 0.2) is 63.9 Å². The highest BCUT2D eigenvalue weighted by Crippen LogP contribution is 2.37. The van der Waals surface area contributed by atoms with Crippen molar-refractivity contribution in [2.24, 2.45) is 0 Å². The second kappa shape index (κ2) is 8.30. The molecule has 2 aromatic carbocycles. The van der Waals surface area contributed by atoms with E-state index >= 15 is 0 Å². The molecular formula is C23H16F4N2O4. The summed E-state index contributed by atoms with van der Waals surface area (Å²) in [6.45, 7) is 0.404. The van der Waals surface area contributed by atoms with Gasteiger partial charge in [-0.05, 0) is 37.3 Å². The van der Waals surface area contributed by atoms with Crippen LogP contribution in [0.3, 0.4) is 0 Å². The maximum absolute atomic E-state index is 14.5. The molecule has 0 aliphatic carbocycles. The second-order valence-corrected chi connectivity index (χ2v) is 7.45. The Morgan fingerprint density at radius 3 is 2.36 bits per heavy atom. The lowest BCUT2D eigenvalue weighted by Crippen LogP contribution is -2.26. The van der Waals surface area contributed by atoms with Crippen molar-refractivity contribution in [2.45, 2.75) is 12.5 Å². The third kappa shape index (κ3) is 4.06. The molecule has 0 bridgehead atoms. The van der Waals surface area contributed by atoms with E-state index in [1.807, 2.05) is 0 Å². The molecule has 2 heterocycles. The Bertz CT molecular complexity index is 1390. The van der Waals surface area contributed by atoms with Crippen molar-refractivity contribution in [3.05, 3.63) is 94.2 Å². The quantitative estimate of drug-likeness (QED) is 0.441. The minimum absolute atomic E-state index is 0.0449. The van der Waals surface area contributed by atoms with Crippen molar-refractivity contribution in [1.29, 1.82) is 0 Å². The molecule has 33 heavy (non-hydrogen) atoms. The first-order chi connectivity index (χ1) is 15.6.